The summed E-state index contributed by atoms with van der Waals surface area (Å²) in [5, 5.41) is 0.723. The van der Waals surface area contributed by atoms with E-state index in [2.05, 4.69) is 14.9 Å². The van der Waals surface area contributed by atoms with Crippen LogP contribution in [0.3, 0.4) is 0 Å². The van der Waals surface area contributed by atoms with Gasteiger partial charge in [-0.2, -0.15) is 4.98 Å². The molecule has 128 valence electrons. The molecule has 1 aliphatic heterocycles. The van der Waals surface area contributed by atoms with Crippen LogP contribution in [0.25, 0.3) is 10.9 Å². The van der Waals surface area contributed by atoms with E-state index >= 15 is 0 Å². The number of nitrogens with zero attached hydrogens (tertiary/aromatic N) is 4. The second-order valence-corrected chi connectivity index (χ2v) is 5.62. The molecule has 1 amide bonds. The Bertz CT molecular complexity index is 752. The van der Waals surface area contributed by atoms with Crippen molar-refractivity contribution in [3.05, 3.63) is 12.1 Å². The number of hydrogen-bond acceptors (Lipinski definition) is 7. The van der Waals surface area contributed by atoms with Gasteiger partial charge in [0.15, 0.2) is 11.5 Å². The third-order valence-electron chi connectivity index (χ3n) is 4.18. The lowest BCUT2D eigenvalue weighted by Gasteiger charge is -2.21. The van der Waals surface area contributed by atoms with Crippen LogP contribution in [0.5, 0.6) is 11.5 Å². The van der Waals surface area contributed by atoms with E-state index in [-0.39, 0.29) is 0 Å². The molecular weight excluding hydrogens is 310 g/mol. The highest BCUT2D eigenvalue weighted by atomic mass is 16.5. The molecule has 3 rings (SSSR count). The molecule has 24 heavy (non-hydrogen) atoms. The summed E-state index contributed by atoms with van der Waals surface area (Å²) < 4.78 is 10.6. The summed E-state index contributed by atoms with van der Waals surface area (Å²) >= 11 is 0. The van der Waals surface area contributed by atoms with Gasteiger partial charge in [-0.05, 0) is 12.5 Å². The number of nitrogen functional groups attached to an aromatic ring is 1. The van der Waals surface area contributed by atoms with Crippen molar-refractivity contribution in [1.82, 2.24) is 14.9 Å². The number of rotatable bonds is 4. The molecule has 1 fully saturated rings. The Morgan fingerprint density at radius 1 is 1.08 bits per heavy atom. The number of benzene rings is 1. The second kappa shape index (κ2) is 6.77. The smallest absolute Gasteiger partial charge is 0.227 e. The van der Waals surface area contributed by atoms with E-state index < -0.39 is 0 Å². The zero-order valence-electron chi connectivity index (χ0n) is 13.9. The quantitative estimate of drug-likeness (QED) is 0.832. The number of hydrogen-bond donors (Lipinski definition) is 1. The van der Waals surface area contributed by atoms with Gasteiger partial charge in [0.25, 0.3) is 0 Å². The third-order valence-corrected chi connectivity index (χ3v) is 4.18. The summed E-state index contributed by atoms with van der Waals surface area (Å²) in [7, 11) is 3.16. The average Bonchev–Trinajstić information content (AvgIpc) is 2.86. The topological polar surface area (TPSA) is 93.8 Å². The number of aromatic nitrogens is 2. The predicted molar refractivity (Wildman–Crippen MR) is 91.5 cm³/mol. The fourth-order valence-corrected chi connectivity index (χ4v) is 2.85. The SMILES string of the molecule is COc1cc2nc(N3CCCN(C=O)CC3)nc(N)c2cc1OC. The standard InChI is InChI=1S/C16H21N5O3/c1-23-13-8-11-12(9-14(13)24-2)18-16(19-15(11)17)21-5-3-4-20(10-22)6-7-21/h8-10H,3-7H2,1-2H3,(H2,17,18,19). The molecule has 2 aromatic rings. The van der Waals surface area contributed by atoms with Crippen molar-refractivity contribution in [2.45, 2.75) is 6.42 Å². The van der Waals surface area contributed by atoms with Gasteiger partial charge < -0.3 is 25.0 Å². The Morgan fingerprint density at radius 3 is 2.54 bits per heavy atom. The molecule has 0 spiro atoms. The van der Waals surface area contributed by atoms with Gasteiger partial charge in [0.2, 0.25) is 12.4 Å². The van der Waals surface area contributed by atoms with Gasteiger partial charge >= 0.3 is 0 Å². The molecule has 0 atom stereocenters. The van der Waals surface area contributed by atoms with Crippen LogP contribution in [0.1, 0.15) is 6.42 Å². The average molecular weight is 331 g/mol. The molecule has 0 bridgehead atoms. The van der Waals surface area contributed by atoms with Crippen molar-refractivity contribution < 1.29 is 14.3 Å². The van der Waals surface area contributed by atoms with Crippen molar-refractivity contribution in [1.29, 1.82) is 0 Å². The van der Waals surface area contributed by atoms with Gasteiger partial charge in [0, 0.05) is 37.6 Å². The van der Waals surface area contributed by atoms with E-state index in [1.807, 2.05) is 0 Å². The maximum atomic E-state index is 10.9. The van der Waals surface area contributed by atoms with Crippen LogP contribution in [0.4, 0.5) is 11.8 Å². The molecule has 1 aromatic carbocycles. The zero-order chi connectivity index (χ0) is 17.1. The molecule has 8 heteroatoms. The summed E-state index contributed by atoms with van der Waals surface area (Å²) in [6.45, 7) is 2.85. The van der Waals surface area contributed by atoms with Crippen molar-refractivity contribution >= 4 is 29.1 Å². The minimum atomic E-state index is 0.396. The molecule has 1 aliphatic rings. The number of ether oxygens (including phenoxy) is 2. The van der Waals surface area contributed by atoms with E-state index in [9.17, 15) is 4.79 Å². The number of anilines is 2. The van der Waals surface area contributed by atoms with Crippen molar-refractivity contribution in [2.75, 3.05) is 51.0 Å². The van der Waals surface area contributed by atoms with Crippen molar-refractivity contribution in [3.63, 3.8) is 0 Å². The first-order chi connectivity index (χ1) is 11.7. The molecule has 0 aliphatic carbocycles. The molecule has 0 saturated carbocycles. The lowest BCUT2D eigenvalue weighted by atomic mass is 10.2. The first-order valence-corrected chi connectivity index (χ1v) is 7.79. The molecule has 2 N–H and O–H groups in total. The van der Waals surface area contributed by atoms with Crippen molar-refractivity contribution in [3.8, 4) is 11.5 Å². The van der Waals surface area contributed by atoms with Crippen LogP contribution in [-0.2, 0) is 4.79 Å². The zero-order valence-corrected chi connectivity index (χ0v) is 13.9. The predicted octanol–water partition coefficient (Wildman–Crippen LogP) is 0.898. The number of fused-ring (bicyclic) bond motifs is 1. The Balaban J connectivity index is 1.99. The van der Waals surface area contributed by atoms with Crippen LogP contribution in [0.2, 0.25) is 0 Å². The molecule has 2 heterocycles. The maximum absolute atomic E-state index is 10.9. The fraction of sp³-hybridized carbons (Fsp3) is 0.438. The van der Waals surface area contributed by atoms with Gasteiger partial charge in [-0.3, -0.25) is 4.79 Å². The lowest BCUT2D eigenvalue weighted by molar-refractivity contribution is -0.117. The summed E-state index contributed by atoms with van der Waals surface area (Å²) in [4.78, 5) is 23.8. The third kappa shape index (κ3) is 2.99. The van der Waals surface area contributed by atoms with Crippen molar-refractivity contribution in [2.24, 2.45) is 0 Å². The Morgan fingerprint density at radius 2 is 1.83 bits per heavy atom. The first kappa shape index (κ1) is 16.1. The monoisotopic (exact) mass is 331 g/mol. The lowest BCUT2D eigenvalue weighted by Crippen LogP contribution is -2.31. The molecule has 1 aromatic heterocycles. The molecule has 0 radical (unpaired) electrons. The minimum Gasteiger partial charge on any atom is -0.493 e. The summed E-state index contributed by atoms with van der Waals surface area (Å²) in [5.74, 6) is 2.15. The van der Waals surface area contributed by atoms with Crippen LogP contribution in [-0.4, -0.2) is 61.7 Å². The highest BCUT2D eigenvalue weighted by molar-refractivity contribution is 5.91. The Kier molecular flexibility index (Phi) is 4.54. The number of methoxy groups -OCH3 is 2. The van der Waals surface area contributed by atoms with Gasteiger partial charge in [-0.15, -0.1) is 0 Å². The van der Waals surface area contributed by atoms with Crippen LogP contribution >= 0.6 is 0 Å². The minimum absolute atomic E-state index is 0.396. The number of carbonyl (C=O) groups is 1. The largest absolute Gasteiger partial charge is 0.493 e. The number of amides is 1. The van der Waals surface area contributed by atoms with Crippen LogP contribution < -0.4 is 20.1 Å². The molecule has 8 nitrogen and oxygen atoms in total. The first-order valence-electron chi connectivity index (χ1n) is 7.79. The normalized spacial score (nSPS) is 15.2. The van der Waals surface area contributed by atoms with Crippen LogP contribution in [0.15, 0.2) is 12.1 Å². The van der Waals surface area contributed by atoms with E-state index in [0.29, 0.717) is 41.9 Å². The maximum Gasteiger partial charge on any atom is 0.227 e. The van der Waals surface area contributed by atoms with Gasteiger partial charge in [-0.1, -0.05) is 0 Å². The molecule has 0 unspecified atom stereocenters. The summed E-state index contributed by atoms with van der Waals surface area (Å²) in [6, 6.07) is 3.58. The van der Waals surface area contributed by atoms with Gasteiger partial charge in [0.1, 0.15) is 5.82 Å². The second-order valence-electron chi connectivity index (χ2n) is 5.62. The van der Waals surface area contributed by atoms with Gasteiger partial charge in [-0.25, -0.2) is 4.98 Å². The van der Waals surface area contributed by atoms with Crippen LogP contribution in [0, 0.1) is 0 Å². The fourth-order valence-electron chi connectivity index (χ4n) is 2.85. The van der Waals surface area contributed by atoms with E-state index in [0.717, 1.165) is 31.3 Å². The van der Waals surface area contributed by atoms with E-state index in [1.54, 1.807) is 31.3 Å². The number of carbonyl (C=O) groups excluding carboxylic acids is 1. The Hall–Kier alpha value is -2.77. The number of nitrogens with two attached hydrogens (primary N) is 1. The highest BCUT2D eigenvalue weighted by Gasteiger charge is 2.18. The van der Waals surface area contributed by atoms with E-state index in [1.165, 1.54) is 0 Å². The molecular formula is C16H21N5O3. The van der Waals surface area contributed by atoms with Gasteiger partial charge in [0.05, 0.1) is 19.7 Å². The summed E-state index contributed by atoms with van der Waals surface area (Å²) in [6.07, 6.45) is 1.75. The van der Waals surface area contributed by atoms with E-state index in [4.69, 9.17) is 15.2 Å². The Labute approximate surface area is 140 Å². The molecule has 1 saturated heterocycles. The summed E-state index contributed by atoms with van der Waals surface area (Å²) in [5.41, 5.74) is 6.83. The highest BCUT2D eigenvalue weighted by Crippen LogP contribution is 2.34.